The third kappa shape index (κ3) is 4.94. The molecule has 3 nitrogen and oxygen atoms in total. The molecule has 108 valence electrons. The van der Waals surface area contributed by atoms with Crippen molar-refractivity contribution in [2.75, 3.05) is 25.0 Å². The summed E-state index contributed by atoms with van der Waals surface area (Å²) < 4.78 is 0. The van der Waals surface area contributed by atoms with Gasteiger partial charge in [-0.3, -0.25) is 0 Å². The predicted molar refractivity (Wildman–Crippen MR) is 87.2 cm³/mol. The lowest BCUT2D eigenvalue weighted by Gasteiger charge is -2.19. The highest BCUT2D eigenvalue weighted by molar-refractivity contribution is 5.44. The Balaban J connectivity index is 1.67. The molecule has 0 heterocycles. The molecule has 0 aliphatic rings. The van der Waals surface area contributed by atoms with E-state index in [2.05, 4.69) is 47.6 Å². The molecule has 0 unspecified atom stereocenters. The van der Waals surface area contributed by atoms with Gasteiger partial charge in [-0.2, -0.15) is 5.26 Å². The largest absolute Gasteiger partial charge is 0.375 e. The van der Waals surface area contributed by atoms with Gasteiger partial charge in [0.1, 0.15) is 0 Å². The van der Waals surface area contributed by atoms with E-state index in [-0.39, 0.29) is 0 Å². The molecule has 2 rings (SSSR count). The summed E-state index contributed by atoms with van der Waals surface area (Å²) in [4.78, 5) is 2.26. The van der Waals surface area contributed by atoms with Gasteiger partial charge in [0.15, 0.2) is 0 Å². The van der Waals surface area contributed by atoms with Gasteiger partial charge in [0.25, 0.3) is 0 Å². The number of rotatable bonds is 7. The summed E-state index contributed by atoms with van der Waals surface area (Å²) in [5.41, 5.74) is 3.13. The minimum atomic E-state index is 0.720. The molecular formula is C18H21N3. The summed E-state index contributed by atoms with van der Waals surface area (Å²) >= 11 is 0. The maximum Gasteiger partial charge on any atom is 0.0991 e. The topological polar surface area (TPSA) is 39.1 Å². The Hall–Kier alpha value is -2.31. The van der Waals surface area contributed by atoms with Crippen LogP contribution in [0, 0.1) is 11.3 Å². The van der Waals surface area contributed by atoms with Crippen molar-refractivity contribution in [3.8, 4) is 6.07 Å². The zero-order valence-corrected chi connectivity index (χ0v) is 12.4. The highest BCUT2D eigenvalue weighted by atomic mass is 15.1. The Kier molecular flexibility index (Phi) is 5.81. The lowest BCUT2D eigenvalue weighted by Crippen LogP contribution is -2.23. The van der Waals surface area contributed by atoms with Crippen LogP contribution in [-0.4, -0.2) is 20.1 Å². The zero-order valence-electron chi connectivity index (χ0n) is 12.4. The average Bonchev–Trinajstić information content (AvgIpc) is 2.55. The minimum Gasteiger partial charge on any atom is -0.375 e. The van der Waals surface area contributed by atoms with E-state index >= 15 is 0 Å². The van der Waals surface area contributed by atoms with Crippen molar-refractivity contribution >= 4 is 5.69 Å². The fraction of sp³-hybridized carbons (Fsp3) is 0.278. The molecule has 0 bridgehead atoms. The monoisotopic (exact) mass is 279 g/mol. The second-order valence-corrected chi connectivity index (χ2v) is 5.10. The number of anilines is 1. The second-order valence-electron chi connectivity index (χ2n) is 5.10. The third-order valence-corrected chi connectivity index (χ3v) is 3.43. The predicted octanol–water partition coefficient (Wildman–Crippen LogP) is 3.17. The summed E-state index contributed by atoms with van der Waals surface area (Å²) in [6.45, 7) is 2.80. The van der Waals surface area contributed by atoms with Crippen LogP contribution in [0.3, 0.4) is 0 Å². The van der Waals surface area contributed by atoms with Gasteiger partial charge in [-0.1, -0.05) is 30.3 Å². The Labute approximate surface area is 126 Å². The van der Waals surface area contributed by atoms with Crippen molar-refractivity contribution in [3.63, 3.8) is 0 Å². The van der Waals surface area contributed by atoms with Gasteiger partial charge in [0.05, 0.1) is 11.6 Å². The number of para-hydroxylation sites is 1. The van der Waals surface area contributed by atoms with Crippen LogP contribution in [0.2, 0.25) is 0 Å². The number of hydrogen-bond acceptors (Lipinski definition) is 3. The Morgan fingerprint density at radius 1 is 1.10 bits per heavy atom. The molecule has 0 saturated heterocycles. The lowest BCUT2D eigenvalue weighted by molar-refractivity contribution is 0.646. The molecule has 0 saturated carbocycles. The smallest absolute Gasteiger partial charge is 0.0991 e. The van der Waals surface area contributed by atoms with Crippen LogP contribution < -0.4 is 10.2 Å². The third-order valence-electron chi connectivity index (χ3n) is 3.43. The van der Waals surface area contributed by atoms with Crippen LogP contribution in [0.4, 0.5) is 5.69 Å². The molecule has 0 atom stereocenters. The van der Waals surface area contributed by atoms with Gasteiger partial charge < -0.3 is 10.2 Å². The molecule has 0 spiro atoms. The first-order valence-corrected chi connectivity index (χ1v) is 7.25. The molecule has 0 aromatic heterocycles. The molecule has 21 heavy (non-hydrogen) atoms. The van der Waals surface area contributed by atoms with Crippen LogP contribution >= 0.6 is 0 Å². The fourth-order valence-corrected chi connectivity index (χ4v) is 2.24. The van der Waals surface area contributed by atoms with Crippen molar-refractivity contribution in [1.82, 2.24) is 5.32 Å². The average molecular weight is 279 g/mol. The first-order valence-electron chi connectivity index (χ1n) is 7.25. The molecule has 0 radical (unpaired) electrons. The number of hydrogen-bond donors (Lipinski definition) is 1. The van der Waals surface area contributed by atoms with Crippen molar-refractivity contribution in [2.45, 2.75) is 13.0 Å². The summed E-state index contributed by atoms with van der Waals surface area (Å²) in [5, 5.41) is 12.3. The van der Waals surface area contributed by atoms with Crippen LogP contribution in [0.1, 0.15) is 17.5 Å². The van der Waals surface area contributed by atoms with Crippen LogP contribution in [-0.2, 0) is 6.54 Å². The standard InChI is InChI=1S/C18H21N3/c1-21(18-9-3-2-4-10-18)12-6-11-20-15-17-8-5-7-16(13-17)14-19/h2-5,7-10,13,20H,6,11-12,15H2,1H3. The molecule has 2 aromatic carbocycles. The van der Waals surface area contributed by atoms with Gasteiger partial charge in [-0.25, -0.2) is 0 Å². The van der Waals surface area contributed by atoms with Gasteiger partial charge in [0.2, 0.25) is 0 Å². The second kappa shape index (κ2) is 8.08. The number of nitriles is 1. The number of nitrogens with zero attached hydrogens (tertiary/aromatic N) is 2. The molecule has 3 heteroatoms. The van der Waals surface area contributed by atoms with Crippen molar-refractivity contribution in [2.24, 2.45) is 0 Å². The van der Waals surface area contributed by atoms with Crippen molar-refractivity contribution in [3.05, 3.63) is 65.7 Å². The van der Waals surface area contributed by atoms with Gasteiger partial charge in [-0.15, -0.1) is 0 Å². The molecule has 1 N–H and O–H groups in total. The maximum absolute atomic E-state index is 8.87. The first kappa shape index (κ1) is 15.1. The first-order chi connectivity index (χ1) is 10.3. The lowest BCUT2D eigenvalue weighted by atomic mass is 10.1. The van der Waals surface area contributed by atoms with Crippen molar-refractivity contribution < 1.29 is 0 Å². The fourth-order valence-electron chi connectivity index (χ4n) is 2.24. The summed E-state index contributed by atoms with van der Waals surface area (Å²) in [6, 6.07) is 20.3. The number of nitrogens with one attached hydrogen (secondary N) is 1. The van der Waals surface area contributed by atoms with Crippen LogP contribution in [0.15, 0.2) is 54.6 Å². The Morgan fingerprint density at radius 3 is 2.67 bits per heavy atom. The van der Waals surface area contributed by atoms with E-state index in [9.17, 15) is 0 Å². The van der Waals surface area contributed by atoms with E-state index in [1.165, 1.54) is 5.69 Å². The van der Waals surface area contributed by atoms with Crippen LogP contribution in [0.25, 0.3) is 0 Å². The van der Waals surface area contributed by atoms with Gasteiger partial charge in [0, 0.05) is 25.8 Å². The summed E-state index contributed by atoms with van der Waals surface area (Å²) in [5.74, 6) is 0. The zero-order chi connectivity index (χ0) is 14.9. The van der Waals surface area contributed by atoms with E-state index < -0.39 is 0 Å². The maximum atomic E-state index is 8.87. The molecule has 2 aromatic rings. The molecule has 0 amide bonds. The van der Waals surface area contributed by atoms with E-state index in [1.54, 1.807) is 0 Å². The van der Waals surface area contributed by atoms with Gasteiger partial charge >= 0.3 is 0 Å². The summed E-state index contributed by atoms with van der Waals surface area (Å²) in [7, 11) is 2.12. The summed E-state index contributed by atoms with van der Waals surface area (Å²) in [6.07, 6.45) is 1.09. The minimum absolute atomic E-state index is 0.720. The molecule has 0 aliphatic heterocycles. The highest BCUT2D eigenvalue weighted by Crippen LogP contribution is 2.10. The normalized spacial score (nSPS) is 10.1. The van der Waals surface area contributed by atoms with E-state index in [0.29, 0.717) is 0 Å². The molecule has 0 aliphatic carbocycles. The van der Waals surface area contributed by atoms with E-state index in [0.717, 1.165) is 37.2 Å². The van der Waals surface area contributed by atoms with Crippen LogP contribution in [0.5, 0.6) is 0 Å². The molecular weight excluding hydrogens is 258 g/mol. The Bertz CT molecular complexity index is 587. The van der Waals surface area contributed by atoms with Gasteiger partial charge in [-0.05, 0) is 42.8 Å². The highest BCUT2D eigenvalue weighted by Gasteiger charge is 1.99. The van der Waals surface area contributed by atoms with E-state index in [4.69, 9.17) is 5.26 Å². The number of benzene rings is 2. The van der Waals surface area contributed by atoms with E-state index in [1.807, 2.05) is 30.3 Å². The molecule has 0 fully saturated rings. The SMILES string of the molecule is CN(CCCNCc1cccc(C#N)c1)c1ccccc1. The van der Waals surface area contributed by atoms with Crippen molar-refractivity contribution in [1.29, 1.82) is 5.26 Å². The quantitative estimate of drug-likeness (QED) is 0.791. The Morgan fingerprint density at radius 2 is 1.90 bits per heavy atom.